The van der Waals surface area contributed by atoms with Crippen LogP contribution in [0, 0.1) is 11.6 Å². The molecular weight excluding hydrogens is 487 g/mol. The predicted octanol–water partition coefficient (Wildman–Crippen LogP) is 5.84. The molecule has 29 heavy (non-hydrogen) atoms. The Kier molecular flexibility index (Phi) is 7.59. The van der Waals surface area contributed by atoms with E-state index in [1.807, 2.05) is 0 Å². The van der Waals surface area contributed by atoms with Crippen LogP contribution in [0.3, 0.4) is 0 Å². The summed E-state index contributed by atoms with van der Waals surface area (Å²) >= 11 is 8.58. The molecule has 4 nitrogen and oxygen atoms in total. The van der Waals surface area contributed by atoms with E-state index in [-0.39, 0.29) is 23.6 Å². The summed E-state index contributed by atoms with van der Waals surface area (Å²) in [4.78, 5) is 22.1. The van der Waals surface area contributed by atoms with Crippen LogP contribution in [0.1, 0.15) is 22.3 Å². The first-order chi connectivity index (χ1) is 13.5. The Morgan fingerprint density at radius 1 is 1.10 bits per heavy atom. The van der Waals surface area contributed by atoms with Crippen molar-refractivity contribution in [1.29, 1.82) is 0 Å². The molecule has 0 bridgehead atoms. The van der Waals surface area contributed by atoms with Gasteiger partial charge in [-0.2, -0.15) is 13.2 Å². The molecule has 2 N–H and O–H groups in total. The van der Waals surface area contributed by atoms with Crippen molar-refractivity contribution < 1.29 is 31.5 Å². The maximum atomic E-state index is 13.6. The van der Waals surface area contributed by atoms with Crippen LogP contribution < -0.4 is 10.6 Å². The van der Waals surface area contributed by atoms with Crippen molar-refractivity contribution in [3.63, 3.8) is 0 Å². The zero-order chi connectivity index (χ0) is 21.8. The van der Waals surface area contributed by atoms with E-state index in [4.69, 9.17) is 11.6 Å². The number of halogens is 7. The number of hydrogen-bond donors (Lipinski definition) is 2. The van der Waals surface area contributed by atoms with Crippen molar-refractivity contribution in [3.8, 4) is 0 Å². The zero-order valence-corrected chi connectivity index (χ0v) is 16.8. The van der Waals surface area contributed by atoms with Crippen LogP contribution in [0.4, 0.5) is 32.4 Å². The zero-order valence-electron chi connectivity index (χ0n) is 14.4. The van der Waals surface area contributed by atoms with Crippen molar-refractivity contribution in [2.24, 2.45) is 0 Å². The number of hydrogen-bond acceptors (Lipinski definition) is 2. The minimum atomic E-state index is -4.38. The lowest BCUT2D eigenvalue weighted by atomic mass is 10.1. The molecule has 0 saturated heterocycles. The molecule has 0 spiro atoms. The Hall–Kier alpha value is -2.20. The lowest BCUT2D eigenvalue weighted by Crippen LogP contribution is -2.35. The molecule has 2 aromatic carbocycles. The first-order valence-corrected chi connectivity index (χ1v) is 9.34. The fraction of sp³-hybridized carbons (Fsp3) is 0.222. The van der Waals surface area contributed by atoms with Crippen LogP contribution in [0.2, 0.25) is 5.02 Å². The summed E-state index contributed by atoms with van der Waals surface area (Å²) in [7, 11) is 0. The quantitative estimate of drug-likeness (QED) is 0.401. The van der Waals surface area contributed by atoms with Crippen molar-refractivity contribution in [3.05, 3.63) is 64.2 Å². The largest absolute Gasteiger partial charge is 0.401 e. The minimum absolute atomic E-state index is 0.0335. The average Bonchev–Trinajstić information content (AvgIpc) is 2.59. The molecule has 0 radical (unpaired) electrons. The topological polar surface area (TPSA) is 58.2 Å². The van der Waals surface area contributed by atoms with Crippen molar-refractivity contribution in [2.75, 3.05) is 5.32 Å². The molecule has 0 saturated carbocycles. The number of urea groups is 1. The van der Waals surface area contributed by atoms with Gasteiger partial charge in [0.25, 0.3) is 5.91 Å². The van der Waals surface area contributed by atoms with Gasteiger partial charge in [-0.05, 0) is 42.7 Å². The second-order valence-electron chi connectivity index (χ2n) is 5.86. The molecule has 0 aliphatic heterocycles. The second kappa shape index (κ2) is 9.53. The maximum Gasteiger partial charge on any atom is 0.401 e. The molecule has 2 rings (SSSR count). The van der Waals surface area contributed by atoms with Gasteiger partial charge in [-0.1, -0.05) is 39.7 Å². The van der Waals surface area contributed by atoms with Gasteiger partial charge in [0.1, 0.15) is 22.0 Å². The van der Waals surface area contributed by atoms with E-state index >= 15 is 0 Å². The predicted molar refractivity (Wildman–Crippen MR) is 101 cm³/mol. The third kappa shape index (κ3) is 6.40. The Morgan fingerprint density at radius 2 is 1.72 bits per heavy atom. The number of amides is 3. The van der Waals surface area contributed by atoms with Gasteiger partial charge >= 0.3 is 12.2 Å². The number of carbonyl (C=O) groups is 2. The van der Waals surface area contributed by atoms with E-state index in [2.05, 4.69) is 21.2 Å². The van der Waals surface area contributed by atoms with E-state index in [0.29, 0.717) is 5.56 Å². The first kappa shape index (κ1) is 23.1. The summed E-state index contributed by atoms with van der Waals surface area (Å²) in [5, 5.41) is 4.13. The number of alkyl halides is 4. The van der Waals surface area contributed by atoms with Gasteiger partial charge in [-0.25, -0.2) is 13.6 Å². The van der Waals surface area contributed by atoms with E-state index in [9.17, 15) is 31.5 Å². The highest BCUT2D eigenvalue weighted by molar-refractivity contribution is 9.09. The fourth-order valence-electron chi connectivity index (χ4n) is 2.32. The Bertz CT molecular complexity index is 903. The van der Waals surface area contributed by atoms with Crippen LogP contribution in [0.5, 0.6) is 0 Å². The SMILES string of the molecule is O=C(NC(=O)c1c(F)cccc1F)Nc1ccc(CCC(Br)C(F)(F)F)c(Cl)c1. The molecule has 1 unspecified atom stereocenters. The number of aryl methyl sites for hydroxylation is 1. The number of carbonyl (C=O) groups excluding carboxylic acids is 2. The van der Waals surface area contributed by atoms with Crippen molar-refractivity contribution in [1.82, 2.24) is 5.32 Å². The minimum Gasteiger partial charge on any atom is -0.308 e. The van der Waals surface area contributed by atoms with E-state index in [1.54, 1.807) is 5.32 Å². The summed E-state index contributed by atoms with van der Waals surface area (Å²) in [5.74, 6) is -3.55. The highest BCUT2D eigenvalue weighted by Gasteiger charge is 2.37. The summed E-state index contributed by atoms with van der Waals surface area (Å²) in [5.41, 5.74) is -0.356. The van der Waals surface area contributed by atoms with Crippen LogP contribution in [0.15, 0.2) is 36.4 Å². The molecule has 0 aliphatic carbocycles. The van der Waals surface area contributed by atoms with Crippen molar-refractivity contribution in [2.45, 2.75) is 23.8 Å². The second-order valence-corrected chi connectivity index (χ2v) is 7.37. The molecule has 1 atom stereocenters. The van der Waals surface area contributed by atoms with Gasteiger partial charge in [-0.15, -0.1) is 0 Å². The van der Waals surface area contributed by atoms with Crippen LogP contribution in [-0.4, -0.2) is 22.9 Å². The van der Waals surface area contributed by atoms with Crippen molar-refractivity contribution >= 4 is 45.2 Å². The molecule has 2 aromatic rings. The first-order valence-electron chi connectivity index (χ1n) is 8.04. The summed E-state index contributed by atoms with van der Waals surface area (Å²) in [6, 6.07) is 5.80. The Balaban J connectivity index is 1.99. The third-order valence-corrected chi connectivity index (χ3v) is 5.08. The molecule has 0 fully saturated rings. The summed E-state index contributed by atoms with van der Waals surface area (Å²) in [6.07, 6.45) is -4.58. The van der Waals surface area contributed by atoms with Gasteiger partial charge in [0.05, 0.1) is 0 Å². The van der Waals surface area contributed by atoms with Gasteiger partial charge in [0.2, 0.25) is 0 Å². The number of benzene rings is 2. The normalized spacial score (nSPS) is 12.4. The fourth-order valence-corrected chi connectivity index (χ4v) is 2.82. The summed E-state index contributed by atoms with van der Waals surface area (Å²) < 4.78 is 64.7. The molecule has 3 amide bonds. The molecule has 0 heterocycles. The molecule has 11 heteroatoms. The summed E-state index contributed by atoms with van der Waals surface area (Å²) in [6.45, 7) is 0. The third-order valence-electron chi connectivity index (χ3n) is 3.75. The lowest BCUT2D eigenvalue weighted by Gasteiger charge is -2.14. The average molecular weight is 500 g/mol. The Morgan fingerprint density at radius 3 is 2.28 bits per heavy atom. The highest BCUT2D eigenvalue weighted by atomic mass is 79.9. The maximum absolute atomic E-state index is 13.6. The van der Waals surface area contributed by atoms with Gasteiger partial charge in [-0.3, -0.25) is 10.1 Å². The van der Waals surface area contributed by atoms with Crippen LogP contribution >= 0.6 is 27.5 Å². The number of nitrogens with one attached hydrogen (secondary N) is 2. The lowest BCUT2D eigenvalue weighted by molar-refractivity contribution is -0.128. The number of anilines is 1. The molecular formula is C18H13BrClF5N2O2. The van der Waals surface area contributed by atoms with Crippen LogP contribution in [-0.2, 0) is 6.42 Å². The number of imide groups is 1. The van der Waals surface area contributed by atoms with E-state index in [1.165, 1.54) is 18.2 Å². The van der Waals surface area contributed by atoms with E-state index < -0.39 is 40.1 Å². The standard InChI is InChI=1S/C18H13BrClF5N2O2/c19-14(18(23,24)25)7-5-9-4-6-10(8-11(9)20)26-17(29)27-16(28)15-12(21)2-1-3-13(15)22/h1-4,6,8,14H,5,7H2,(H2,26,27,28,29). The van der Waals surface area contributed by atoms with Gasteiger partial charge in [0, 0.05) is 10.7 Å². The monoisotopic (exact) mass is 498 g/mol. The molecule has 0 aliphatic rings. The molecule has 156 valence electrons. The van der Waals surface area contributed by atoms with Crippen LogP contribution in [0.25, 0.3) is 0 Å². The van der Waals surface area contributed by atoms with Gasteiger partial charge < -0.3 is 5.32 Å². The molecule has 0 aromatic heterocycles. The highest BCUT2D eigenvalue weighted by Crippen LogP contribution is 2.31. The smallest absolute Gasteiger partial charge is 0.308 e. The van der Waals surface area contributed by atoms with Gasteiger partial charge in [0.15, 0.2) is 0 Å². The Labute approximate surface area is 175 Å². The van der Waals surface area contributed by atoms with E-state index in [0.717, 1.165) is 18.2 Å². The number of rotatable bonds is 5.